The van der Waals surface area contributed by atoms with E-state index < -0.39 is 0 Å². The Hall–Kier alpha value is -1.02. The summed E-state index contributed by atoms with van der Waals surface area (Å²) in [7, 11) is 0. The van der Waals surface area contributed by atoms with Gasteiger partial charge in [-0.05, 0) is 58.1 Å². The van der Waals surface area contributed by atoms with Crippen LogP contribution in [0.1, 0.15) is 40.5 Å². The molecular weight excluding hydrogens is 238 g/mol. The van der Waals surface area contributed by atoms with Gasteiger partial charge in [-0.2, -0.15) is 0 Å². The molecule has 18 heavy (non-hydrogen) atoms. The molecule has 0 aliphatic heterocycles. The van der Waals surface area contributed by atoms with E-state index in [-0.39, 0.29) is 4.75 Å². The fraction of sp³-hybridized carbons (Fsp3) is 0.438. The van der Waals surface area contributed by atoms with Crippen molar-refractivity contribution in [3.05, 3.63) is 49.6 Å². The number of rotatable bonds is 6. The molecule has 0 saturated carbocycles. The van der Waals surface area contributed by atoms with Crippen molar-refractivity contribution in [3.8, 4) is 0 Å². The van der Waals surface area contributed by atoms with Gasteiger partial charge in [0.2, 0.25) is 0 Å². The maximum Gasteiger partial charge on any atom is 0.0377 e. The van der Waals surface area contributed by atoms with Crippen molar-refractivity contribution in [3.63, 3.8) is 0 Å². The van der Waals surface area contributed by atoms with Gasteiger partial charge in [-0.1, -0.05) is 30.9 Å². The van der Waals surface area contributed by atoms with E-state index in [4.69, 9.17) is 0 Å². The fourth-order valence-corrected chi connectivity index (χ4v) is 1.51. The number of nitrogens with zero attached hydrogens (tertiary/aromatic N) is 1. The summed E-state index contributed by atoms with van der Waals surface area (Å²) in [4.78, 5) is 0. The van der Waals surface area contributed by atoms with Gasteiger partial charge >= 0.3 is 0 Å². The second-order valence-corrected chi connectivity index (χ2v) is 6.28. The van der Waals surface area contributed by atoms with Crippen molar-refractivity contribution >= 4 is 18.2 Å². The summed E-state index contributed by atoms with van der Waals surface area (Å²) in [6.07, 6.45) is 7.78. The van der Waals surface area contributed by atoms with E-state index in [0.717, 1.165) is 18.4 Å². The Kier molecular flexibility index (Phi) is 11.9. The molecule has 0 saturated heterocycles. The monoisotopic (exact) mass is 265 g/mol. The maximum absolute atomic E-state index is 4.32. The third kappa shape index (κ3) is 13.0. The lowest BCUT2D eigenvalue weighted by Gasteiger charge is -2.12. The average molecular weight is 265 g/mol. The second-order valence-electron chi connectivity index (χ2n) is 4.66. The van der Waals surface area contributed by atoms with Crippen molar-refractivity contribution in [2.24, 2.45) is 4.40 Å². The van der Waals surface area contributed by atoms with Crippen molar-refractivity contribution in [2.45, 2.75) is 45.3 Å². The Morgan fingerprint density at radius 1 is 1.22 bits per heavy atom. The quantitative estimate of drug-likeness (QED) is 0.257. The summed E-state index contributed by atoms with van der Waals surface area (Å²) in [5, 5.41) is 0. The number of hydrogen-bond acceptors (Lipinski definition) is 2. The van der Waals surface area contributed by atoms with Crippen LogP contribution in [0.25, 0.3) is 0 Å². The molecule has 0 aromatic rings. The van der Waals surface area contributed by atoms with Gasteiger partial charge in [0.05, 0.1) is 0 Å². The van der Waals surface area contributed by atoms with Crippen LogP contribution < -0.4 is 0 Å². The molecule has 0 aromatic heterocycles. The maximum atomic E-state index is 4.32. The molecule has 0 amide bonds. The first-order valence-electron chi connectivity index (χ1n) is 6.06. The smallest absolute Gasteiger partial charge is 0.0377 e. The van der Waals surface area contributed by atoms with E-state index in [1.807, 2.05) is 19.2 Å². The third-order valence-corrected chi connectivity index (χ3v) is 2.69. The normalized spacial score (nSPS) is 11.9. The first-order valence-corrected chi connectivity index (χ1v) is 6.83. The lowest BCUT2D eigenvalue weighted by Crippen LogP contribution is -2.05. The molecule has 0 unspecified atom stereocenters. The van der Waals surface area contributed by atoms with Crippen LogP contribution in [0.15, 0.2) is 54.0 Å². The average Bonchev–Trinajstić information content (AvgIpc) is 2.31. The van der Waals surface area contributed by atoms with Gasteiger partial charge in [0.15, 0.2) is 0 Å². The van der Waals surface area contributed by atoms with Crippen molar-refractivity contribution in [2.75, 3.05) is 0 Å². The molecule has 0 radical (unpaired) electrons. The Balaban J connectivity index is 0. The Bertz CT molecular complexity index is 306. The largest absolute Gasteiger partial charge is 0.224 e. The van der Waals surface area contributed by atoms with Crippen molar-refractivity contribution < 1.29 is 0 Å². The van der Waals surface area contributed by atoms with Gasteiger partial charge in [0.1, 0.15) is 0 Å². The Morgan fingerprint density at radius 2 is 1.78 bits per heavy atom. The molecule has 0 fully saturated rings. The molecule has 0 heterocycles. The molecule has 0 aromatic carbocycles. The van der Waals surface area contributed by atoms with Gasteiger partial charge in [0.25, 0.3) is 0 Å². The molecule has 0 bridgehead atoms. The molecule has 0 aliphatic carbocycles. The first-order chi connectivity index (χ1) is 8.39. The Morgan fingerprint density at radius 3 is 2.17 bits per heavy atom. The third-order valence-electron chi connectivity index (χ3n) is 1.93. The van der Waals surface area contributed by atoms with Crippen LogP contribution in [-0.4, -0.2) is 11.0 Å². The van der Waals surface area contributed by atoms with Crippen LogP contribution in [0.2, 0.25) is 0 Å². The molecule has 0 N–H and O–H groups in total. The predicted molar refractivity (Wildman–Crippen MR) is 89.4 cm³/mol. The second kappa shape index (κ2) is 11.1. The van der Waals surface area contributed by atoms with Crippen LogP contribution >= 0.6 is 11.9 Å². The van der Waals surface area contributed by atoms with Crippen molar-refractivity contribution in [1.29, 1.82) is 0 Å². The van der Waals surface area contributed by atoms with Gasteiger partial charge in [-0.3, -0.25) is 0 Å². The van der Waals surface area contributed by atoms with Gasteiger partial charge < -0.3 is 0 Å². The highest BCUT2D eigenvalue weighted by atomic mass is 32.2. The minimum atomic E-state index is 0.173. The molecule has 0 aliphatic rings. The van der Waals surface area contributed by atoms with E-state index in [1.165, 1.54) is 5.57 Å². The zero-order valence-electron chi connectivity index (χ0n) is 12.3. The van der Waals surface area contributed by atoms with Crippen molar-refractivity contribution in [1.82, 2.24) is 0 Å². The van der Waals surface area contributed by atoms with Crippen LogP contribution in [0.3, 0.4) is 0 Å². The summed E-state index contributed by atoms with van der Waals surface area (Å²) >= 11 is 1.58. The number of hydrogen-bond donors (Lipinski definition) is 0. The molecule has 0 rings (SSSR count). The van der Waals surface area contributed by atoms with E-state index in [9.17, 15) is 0 Å². The molecule has 0 spiro atoms. The van der Waals surface area contributed by atoms with E-state index in [0.29, 0.717) is 0 Å². The highest BCUT2D eigenvalue weighted by Gasteiger charge is 2.08. The molecular formula is C16H27NS. The lowest BCUT2D eigenvalue weighted by atomic mass is 10.1. The summed E-state index contributed by atoms with van der Waals surface area (Å²) < 4.78 is 4.49. The van der Waals surface area contributed by atoms with Gasteiger partial charge in [-0.15, -0.1) is 13.2 Å². The summed E-state index contributed by atoms with van der Waals surface area (Å²) in [5.41, 5.74) is 2.33. The standard InChI is InChI=1S/C14H23NS.C2H4/c1-7-13(8-2)10-9-12(3)11-15-16-14(4,5)6;1-2/h7-8,11H,1,3,9-10H2,2,4-6H3;1-2H2/b13-8+,15-11+;. The topological polar surface area (TPSA) is 12.4 Å². The predicted octanol–water partition coefficient (Wildman–Crippen LogP) is 5.77. The minimum absolute atomic E-state index is 0.173. The first kappa shape index (κ1) is 19.3. The zero-order valence-corrected chi connectivity index (χ0v) is 13.1. The molecule has 0 atom stereocenters. The van der Waals surface area contributed by atoms with Crippen LogP contribution in [0.4, 0.5) is 0 Å². The van der Waals surface area contributed by atoms with Gasteiger partial charge in [0, 0.05) is 11.0 Å². The van der Waals surface area contributed by atoms with E-state index in [2.05, 4.69) is 57.6 Å². The SMILES string of the molecule is C=C.C=C/C(=C\C)CCC(=C)/C=N/SC(C)(C)C. The van der Waals surface area contributed by atoms with E-state index >= 15 is 0 Å². The molecule has 2 heteroatoms. The number of allylic oxidation sites excluding steroid dienone is 4. The summed E-state index contributed by atoms with van der Waals surface area (Å²) in [6, 6.07) is 0. The van der Waals surface area contributed by atoms with Crippen LogP contribution in [0.5, 0.6) is 0 Å². The summed E-state index contributed by atoms with van der Waals surface area (Å²) in [5.74, 6) is 0. The highest BCUT2D eigenvalue weighted by Crippen LogP contribution is 2.24. The molecule has 102 valence electrons. The minimum Gasteiger partial charge on any atom is -0.224 e. The van der Waals surface area contributed by atoms with Crippen LogP contribution in [0, 0.1) is 0 Å². The van der Waals surface area contributed by atoms with Crippen LogP contribution in [-0.2, 0) is 0 Å². The fourth-order valence-electron chi connectivity index (χ4n) is 0.993. The summed E-state index contributed by atoms with van der Waals surface area (Å²) in [6.45, 7) is 22.2. The van der Waals surface area contributed by atoms with E-state index in [1.54, 1.807) is 11.9 Å². The van der Waals surface area contributed by atoms with Gasteiger partial charge in [-0.25, -0.2) is 4.40 Å². The zero-order chi connectivity index (χ0) is 14.6. The highest BCUT2D eigenvalue weighted by molar-refractivity contribution is 7.99. The Labute approximate surface area is 118 Å². The molecule has 1 nitrogen and oxygen atoms in total. The lowest BCUT2D eigenvalue weighted by molar-refractivity contribution is 0.804.